The van der Waals surface area contributed by atoms with E-state index < -0.39 is 5.91 Å². The Morgan fingerprint density at radius 1 is 1.11 bits per heavy atom. The second kappa shape index (κ2) is 10.3. The molecule has 1 heterocycles. The summed E-state index contributed by atoms with van der Waals surface area (Å²) in [6, 6.07) is 10.3. The van der Waals surface area contributed by atoms with Gasteiger partial charge in [-0.15, -0.1) is 0 Å². The molecule has 0 aliphatic carbocycles. The fraction of sp³-hybridized carbons (Fsp3) is 0.381. The summed E-state index contributed by atoms with van der Waals surface area (Å²) in [4.78, 5) is 28.9. The van der Waals surface area contributed by atoms with E-state index in [1.54, 1.807) is 18.2 Å². The number of rotatable bonds is 9. The maximum absolute atomic E-state index is 12.6. The Morgan fingerprint density at radius 3 is 2.63 bits per heavy atom. The van der Waals surface area contributed by atoms with Gasteiger partial charge >= 0.3 is 0 Å². The highest BCUT2D eigenvalue weighted by Gasteiger charge is 2.14. The average Bonchev–Trinajstić information content (AvgIpc) is 2.66. The zero-order valence-corrected chi connectivity index (χ0v) is 16.1. The molecule has 0 aliphatic heterocycles. The van der Waals surface area contributed by atoms with Gasteiger partial charge in [0.15, 0.2) is 0 Å². The van der Waals surface area contributed by atoms with Crippen LogP contribution in [0.15, 0.2) is 42.6 Å². The molecular weight excluding hydrogens is 342 g/mol. The van der Waals surface area contributed by atoms with Crippen LogP contribution >= 0.6 is 0 Å². The molecule has 6 nitrogen and oxygen atoms in total. The van der Waals surface area contributed by atoms with E-state index in [1.807, 2.05) is 26.0 Å². The highest BCUT2D eigenvalue weighted by Crippen LogP contribution is 2.25. The molecule has 6 heteroatoms. The lowest BCUT2D eigenvalue weighted by Gasteiger charge is -2.14. The van der Waals surface area contributed by atoms with Crippen LogP contribution in [-0.2, 0) is 0 Å². The summed E-state index contributed by atoms with van der Waals surface area (Å²) in [5.74, 6) is -0.00722. The number of hydrogen-bond donors (Lipinski definition) is 2. The second-order valence-electron chi connectivity index (χ2n) is 6.51. The van der Waals surface area contributed by atoms with Crippen LogP contribution in [0.5, 0.6) is 5.75 Å². The van der Waals surface area contributed by atoms with Gasteiger partial charge in [-0.3, -0.25) is 14.6 Å². The van der Waals surface area contributed by atoms with Crippen molar-refractivity contribution in [1.82, 2.24) is 10.3 Å². The van der Waals surface area contributed by atoms with Crippen molar-refractivity contribution in [3.05, 3.63) is 53.9 Å². The minimum atomic E-state index is -0.393. The molecule has 0 fully saturated rings. The van der Waals surface area contributed by atoms with Crippen LogP contribution in [0.3, 0.4) is 0 Å². The van der Waals surface area contributed by atoms with Crippen molar-refractivity contribution < 1.29 is 14.3 Å². The fourth-order valence-corrected chi connectivity index (χ4v) is 2.49. The van der Waals surface area contributed by atoms with Crippen molar-refractivity contribution in [2.45, 2.75) is 46.1 Å². The standard InChI is InChI=1S/C21H27N3O3/c1-4-5-8-12-23-20(25)16-11-13-22-18(14-16)21(26)24-17-9-6-7-10-19(17)27-15(2)3/h6-7,9-11,13-15H,4-5,8,12H2,1-3H3,(H,23,25)(H,24,26). The topological polar surface area (TPSA) is 80.3 Å². The minimum absolute atomic E-state index is 0.0130. The number of carbonyl (C=O) groups is 2. The Morgan fingerprint density at radius 2 is 1.89 bits per heavy atom. The maximum atomic E-state index is 12.6. The molecule has 0 spiro atoms. The number of hydrogen-bond acceptors (Lipinski definition) is 4. The van der Waals surface area contributed by atoms with Crippen molar-refractivity contribution >= 4 is 17.5 Å². The smallest absolute Gasteiger partial charge is 0.274 e. The number of carbonyl (C=O) groups excluding carboxylic acids is 2. The van der Waals surface area contributed by atoms with Gasteiger partial charge in [-0.1, -0.05) is 31.9 Å². The molecule has 1 aromatic carbocycles. The van der Waals surface area contributed by atoms with Gasteiger partial charge in [-0.05, 0) is 44.5 Å². The van der Waals surface area contributed by atoms with Crippen molar-refractivity contribution in [1.29, 1.82) is 0 Å². The molecule has 27 heavy (non-hydrogen) atoms. The summed E-state index contributed by atoms with van der Waals surface area (Å²) in [6.45, 7) is 6.57. The van der Waals surface area contributed by atoms with Crippen LogP contribution in [0, 0.1) is 0 Å². The molecule has 2 aromatic rings. The van der Waals surface area contributed by atoms with Crippen LogP contribution in [0.1, 0.15) is 60.9 Å². The molecule has 1 aromatic heterocycles. The van der Waals surface area contributed by atoms with Crippen LogP contribution in [0.2, 0.25) is 0 Å². The highest BCUT2D eigenvalue weighted by molar-refractivity contribution is 6.05. The van der Waals surface area contributed by atoms with Crippen molar-refractivity contribution in [3.63, 3.8) is 0 Å². The summed E-state index contributed by atoms with van der Waals surface area (Å²) in [6.07, 6.45) is 4.56. The number of amides is 2. The van der Waals surface area contributed by atoms with Gasteiger partial charge in [0.25, 0.3) is 11.8 Å². The minimum Gasteiger partial charge on any atom is -0.489 e. The number of nitrogens with zero attached hydrogens (tertiary/aromatic N) is 1. The molecule has 0 bridgehead atoms. The largest absolute Gasteiger partial charge is 0.489 e. The van der Waals surface area contributed by atoms with E-state index in [2.05, 4.69) is 22.5 Å². The van der Waals surface area contributed by atoms with Gasteiger partial charge in [0, 0.05) is 18.3 Å². The van der Waals surface area contributed by atoms with E-state index in [1.165, 1.54) is 12.3 Å². The lowest BCUT2D eigenvalue weighted by Crippen LogP contribution is -2.25. The number of aromatic nitrogens is 1. The molecule has 144 valence electrons. The number of pyridine rings is 1. The van der Waals surface area contributed by atoms with E-state index in [9.17, 15) is 9.59 Å². The first-order chi connectivity index (χ1) is 13.0. The molecule has 2 amide bonds. The number of anilines is 1. The van der Waals surface area contributed by atoms with Gasteiger partial charge in [-0.25, -0.2) is 0 Å². The van der Waals surface area contributed by atoms with E-state index in [0.29, 0.717) is 23.5 Å². The lowest BCUT2D eigenvalue weighted by atomic mass is 10.2. The monoisotopic (exact) mass is 369 g/mol. The summed E-state index contributed by atoms with van der Waals surface area (Å²) < 4.78 is 5.71. The Balaban J connectivity index is 2.06. The molecule has 0 saturated heterocycles. The molecule has 0 radical (unpaired) electrons. The van der Waals surface area contributed by atoms with E-state index in [-0.39, 0.29) is 17.7 Å². The highest BCUT2D eigenvalue weighted by atomic mass is 16.5. The predicted molar refractivity (Wildman–Crippen MR) is 106 cm³/mol. The van der Waals surface area contributed by atoms with Gasteiger partial charge in [-0.2, -0.15) is 0 Å². The first-order valence-electron chi connectivity index (χ1n) is 9.32. The molecule has 0 saturated carbocycles. The van der Waals surface area contributed by atoms with E-state index in [4.69, 9.17) is 4.74 Å². The third-order valence-corrected chi connectivity index (χ3v) is 3.82. The Hall–Kier alpha value is -2.89. The maximum Gasteiger partial charge on any atom is 0.274 e. The number of ether oxygens (including phenoxy) is 1. The molecular formula is C21H27N3O3. The molecule has 2 rings (SSSR count). The summed E-state index contributed by atoms with van der Waals surface area (Å²) in [5, 5.41) is 5.66. The van der Waals surface area contributed by atoms with Crippen LogP contribution < -0.4 is 15.4 Å². The Labute approximate surface area is 160 Å². The zero-order valence-electron chi connectivity index (χ0n) is 16.1. The van der Waals surface area contributed by atoms with E-state index >= 15 is 0 Å². The van der Waals surface area contributed by atoms with Crippen molar-refractivity contribution in [2.75, 3.05) is 11.9 Å². The normalized spacial score (nSPS) is 10.5. The number of nitrogens with one attached hydrogen (secondary N) is 2. The lowest BCUT2D eigenvalue weighted by molar-refractivity contribution is 0.0953. The van der Waals surface area contributed by atoms with Crippen molar-refractivity contribution in [2.24, 2.45) is 0 Å². The third-order valence-electron chi connectivity index (χ3n) is 3.82. The van der Waals surface area contributed by atoms with Gasteiger partial charge in [0.1, 0.15) is 11.4 Å². The first kappa shape index (κ1) is 20.4. The first-order valence-corrected chi connectivity index (χ1v) is 9.32. The Bertz CT molecular complexity index is 775. The van der Waals surface area contributed by atoms with Crippen LogP contribution in [0.25, 0.3) is 0 Å². The molecule has 0 atom stereocenters. The summed E-state index contributed by atoms with van der Waals surface area (Å²) >= 11 is 0. The number of benzene rings is 1. The predicted octanol–water partition coefficient (Wildman–Crippen LogP) is 4.04. The molecule has 0 unspecified atom stereocenters. The fourth-order valence-electron chi connectivity index (χ4n) is 2.49. The van der Waals surface area contributed by atoms with Crippen LogP contribution in [-0.4, -0.2) is 29.4 Å². The van der Waals surface area contributed by atoms with Gasteiger partial charge < -0.3 is 15.4 Å². The molecule has 0 aliphatic rings. The quantitative estimate of drug-likeness (QED) is 0.654. The SMILES string of the molecule is CCCCCNC(=O)c1ccnc(C(=O)Nc2ccccc2OC(C)C)c1. The second-order valence-corrected chi connectivity index (χ2v) is 6.51. The summed E-state index contributed by atoms with van der Waals surface area (Å²) in [5.41, 5.74) is 1.15. The number of para-hydroxylation sites is 2. The van der Waals surface area contributed by atoms with Gasteiger partial charge in [0.2, 0.25) is 0 Å². The van der Waals surface area contributed by atoms with Crippen molar-refractivity contribution in [3.8, 4) is 5.75 Å². The zero-order chi connectivity index (χ0) is 19.6. The Kier molecular flexibility index (Phi) is 7.79. The summed E-state index contributed by atoms with van der Waals surface area (Å²) in [7, 11) is 0. The van der Waals surface area contributed by atoms with Gasteiger partial charge in [0.05, 0.1) is 11.8 Å². The number of unbranched alkanes of at least 4 members (excludes halogenated alkanes) is 2. The third kappa shape index (κ3) is 6.40. The van der Waals surface area contributed by atoms with Crippen LogP contribution in [0.4, 0.5) is 5.69 Å². The molecule has 2 N–H and O–H groups in total. The van der Waals surface area contributed by atoms with E-state index in [0.717, 1.165) is 19.3 Å². The average molecular weight is 369 g/mol.